The first kappa shape index (κ1) is 6.47. The average molecular weight is 146 g/mol. The molecule has 1 aromatic rings. The summed E-state index contributed by atoms with van der Waals surface area (Å²) in [5, 5.41) is 0. The van der Waals surface area contributed by atoms with Crippen molar-refractivity contribution in [3.8, 4) is 0 Å². The van der Waals surface area contributed by atoms with E-state index in [1.54, 1.807) is 6.26 Å². The Balaban J connectivity index is 2.17. The minimum absolute atomic E-state index is 0.260. The van der Waals surface area contributed by atoms with Gasteiger partial charge in [-0.05, 0) is 11.6 Å². The van der Waals surface area contributed by atoms with Crippen LogP contribution < -0.4 is 0 Å². The molecule has 11 heavy (non-hydrogen) atoms. The third kappa shape index (κ3) is 1.27. The van der Waals surface area contributed by atoms with E-state index in [1.165, 1.54) is 5.56 Å². The van der Waals surface area contributed by atoms with Gasteiger partial charge in [0.1, 0.15) is 6.10 Å². The minimum Gasteiger partial charge on any atom is -0.493 e. The SMILES string of the molecule is C1=CO[C@@H](c2ccccc2)C1. The molecule has 0 saturated carbocycles. The maximum atomic E-state index is 5.36. The largest absolute Gasteiger partial charge is 0.493 e. The summed E-state index contributed by atoms with van der Waals surface area (Å²) in [4.78, 5) is 0. The van der Waals surface area contributed by atoms with Crippen molar-refractivity contribution in [2.24, 2.45) is 0 Å². The Labute approximate surface area is 66.3 Å². The molecule has 0 bridgehead atoms. The highest BCUT2D eigenvalue weighted by atomic mass is 16.5. The normalized spacial score (nSPS) is 21.6. The van der Waals surface area contributed by atoms with Crippen LogP contribution in [0.4, 0.5) is 0 Å². The molecule has 0 aliphatic carbocycles. The van der Waals surface area contributed by atoms with E-state index in [9.17, 15) is 0 Å². The Morgan fingerprint density at radius 3 is 2.64 bits per heavy atom. The summed E-state index contributed by atoms with van der Waals surface area (Å²) in [6.07, 6.45) is 5.09. The van der Waals surface area contributed by atoms with E-state index in [-0.39, 0.29) is 6.10 Å². The lowest BCUT2D eigenvalue weighted by atomic mass is 10.1. The predicted octanol–water partition coefficient (Wildman–Crippen LogP) is 2.66. The second kappa shape index (κ2) is 2.79. The Bertz CT molecular complexity index is 243. The molecule has 0 spiro atoms. The van der Waals surface area contributed by atoms with Crippen LogP contribution in [0.25, 0.3) is 0 Å². The van der Waals surface area contributed by atoms with Crippen LogP contribution in [0.5, 0.6) is 0 Å². The van der Waals surface area contributed by atoms with Crippen molar-refractivity contribution in [1.29, 1.82) is 0 Å². The van der Waals surface area contributed by atoms with Crippen LogP contribution in [0, 0.1) is 0 Å². The second-order valence-electron chi connectivity index (χ2n) is 2.64. The highest BCUT2D eigenvalue weighted by Gasteiger charge is 2.12. The molecule has 0 aromatic heterocycles. The Morgan fingerprint density at radius 1 is 1.18 bits per heavy atom. The van der Waals surface area contributed by atoms with Crippen molar-refractivity contribution in [1.82, 2.24) is 0 Å². The van der Waals surface area contributed by atoms with Crippen LogP contribution in [-0.4, -0.2) is 0 Å². The van der Waals surface area contributed by atoms with Crippen molar-refractivity contribution < 1.29 is 4.74 Å². The van der Waals surface area contributed by atoms with Gasteiger partial charge in [-0.1, -0.05) is 30.3 Å². The van der Waals surface area contributed by atoms with Gasteiger partial charge in [0.05, 0.1) is 6.26 Å². The van der Waals surface area contributed by atoms with Crippen molar-refractivity contribution in [3.05, 3.63) is 48.2 Å². The fourth-order valence-corrected chi connectivity index (χ4v) is 1.27. The molecule has 1 aliphatic rings. The van der Waals surface area contributed by atoms with Crippen molar-refractivity contribution in [2.45, 2.75) is 12.5 Å². The Kier molecular flexibility index (Phi) is 1.64. The maximum absolute atomic E-state index is 5.36. The van der Waals surface area contributed by atoms with E-state index in [4.69, 9.17) is 4.74 Å². The third-order valence-electron chi connectivity index (χ3n) is 1.86. The number of rotatable bonds is 1. The zero-order chi connectivity index (χ0) is 7.52. The summed E-state index contributed by atoms with van der Waals surface area (Å²) < 4.78 is 5.36. The summed E-state index contributed by atoms with van der Waals surface area (Å²) in [7, 11) is 0. The summed E-state index contributed by atoms with van der Waals surface area (Å²) in [5.41, 5.74) is 1.26. The van der Waals surface area contributed by atoms with Crippen LogP contribution in [0.3, 0.4) is 0 Å². The molecule has 0 fully saturated rings. The van der Waals surface area contributed by atoms with Gasteiger partial charge in [-0.2, -0.15) is 0 Å². The molecule has 56 valence electrons. The molecule has 1 heteroatoms. The van der Waals surface area contributed by atoms with Crippen LogP contribution >= 0.6 is 0 Å². The van der Waals surface area contributed by atoms with E-state index >= 15 is 0 Å². The predicted molar refractivity (Wildman–Crippen MR) is 44.0 cm³/mol. The molecule has 0 radical (unpaired) electrons. The third-order valence-corrected chi connectivity index (χ3v) is 1.86. The second-order valence-corrected chi connectivity index (χ2v) is 2.64. The first-order valence-corrected chi connectivity index (χ1v) is 3.82. The topological polar surface area (TPSA) is 9.23 Å². The van der Waals surface area contributed by atoms with Gasteiger partial charge in [-0.3, -0.25) is 0 Å². The lowest BCUT2D eigenvalue weighted by molar-refractivity contribution is 0.173. The van der Waals surface area contributed by atoms with Gasteiger partial charge in [0.15, 0.2) is 0 Å². The van der Waals surface area contributed by atoms with Gasteiger partial charge in [0.2, 0.25) is 0 Å². The highest BCUT2D eigenvalue weighted by molar-refractivity contribution is 5.19. The first-order valence-electron chi connectivity index (χ1n) is 3.82. The quantitative estimate of drug-likeness (QED) is 0.591. The van der Waals surface area contributed by atoms with Crippen molar-refractivity contribution in [3.63, 3.8) is 0 Å². The standard InChI is InChI=1S/C10H10O/c1-2-5-9(6-3-1)10-7-4-8-11-10/h1-6,8,10H,7H2/t10-/m1/s1. The fourth-order valence-electron chi connectivity index (χ4n) is 1.27. The summed E-state index contributed by atoms with van der Waals surface area (Å²) in [5.74, 6) is 0. The van der Waals surface area contributed by atoms with E-state index < -0.39 is 0 Å². The summed E-state index contributed by atoms with van der Waals surface area (Å²) >= 11 is 0. The molecule has 0 saturated heterocycles. The molecule has 2 rings (SSSR count). The van der Waals surface area contributed by atoms with Gasteiger partial charge in [-0.25, -0.2) is 0 Å². The number of hydrogen-bond donors (Lipinski definition) is 0. The van der Waals surface area contributed by atoms with Crippen LogP contribution in [0.15, 0.2) is 42.7 Å². The zero-order valence-electron chi connectivity index (χ0n) is 6.23. The molecule has 1 nitrogen and oxygen atoms in total. The number of benzene rings is 1. The fraction of sp³-hybridized carbons (Fsp3) is 0.200. The van der Waals surface area contributed by atoms with E-state index in [0.29, 0.717) is 0 Å². The minimum atomic E-state index is 0.260. The summed E-state index contributed by atoms with van der Waals surface area (Å²) in [6.45, 7) is 0. The molecular weight excluding hydrogens is 136 g/mol. The van der Waals surface area contributed by atoms with Crippen LogP contribution in [-0.2, 0) is 4.74 Å². The van der Waals surface area contributed by atoms with Crippen molar-refractivity contribution >= 4 is 0 Å². The van der Waals surface area contributed by atoms with E-state index in [2.05, 4.69) is 18.2 Å². The van der Waals surface area contributed by atoms with Crippen LogP contribution in [0.2, 0.25) is 0 Å². The molecular formula is C10H10O. The van der Waals surface area contributed by atoms with E-state index in [1.807, 2.05) is 18.2 Å². The van der Waals surface area contributed by atoms with Crippen LogP contribution in [0.1, 0.15) is 18.1 Å². The smallest absolute Gasteiger partial charge is 0.126 e. The molecule has 1 atom stereocenters. The summed E-state index contributed by atoms with van der Waals surface area (Å²) in [6, 6.07) is 10.3. The van der Waals surface area contributed by atoms with Gasteiger partial charge < -0.3 is 4.74 Å². The monoisotopic (exact) mass is 146 g/mol. The average Bonchev–Trinajstić information content (AvgIpc) is 2.58. The number of hydrogen-bond acceptors (Lipinski definition) is 1. The highest BCUT2D eigenvalue weighted by Crippen LogP contribution is 2.25. The first-order chi connectivity index (χ1) is 5.47. The van der Waals surface area contributed by atoms with Gasteiger partial charge in [-0.15, -0.1) is 0 Å². The van der Waals surface area contributed by atoms with Gasteiger partial charge >= 0.3 is 0 Å². The molecule has 0 unspecified atom stereocenters. The molecule has 1 aromatic carbocycles. The zero-order valence-corrected chi connectivity index (χ0v) is 6.23. The van der Waals surface area contributed by atoms with Gasteiger partial charge in [0, 0.05) is 6.42 Å². The molecule has 0 N–H and O–H groups in total. The maximum Gasteiger partial charge on any atom is 0.126 e. The molecule has 1 aliphatic heterocycles. The van der Waals surface area contributed by atoms with Crippen molar-refractivity contribution in [2.75, 3.05) is 0 Å². The molecule has 0 amide bonds. The van der Waals surface area contributed by atoms with Gasteiger partial charge in [0.25, 0.3) is 0 Å². The lowest BCUT2D eigenvalue weighted by Crippen LogP contribution is -1.93. The lowest BCUT2D eigenvalue weighted by Gasteiger charge is -2.09. The molecule has 1 heterocycles. The Morgan fingerprint density at radius 2 is 2.00 bits per heavy atom. The number of ether oxygens (including phenoxy) is 1. The van der Waals surface area contributed by atoms with E-state index in [0.717, 1.165) is 6.42 Å². The Hall–Kier alpha value is -1.24.